The molecule has 24 heavy (non-hydrogen) atoms. The van der Waals surface area contributed by atoms with Gasteiger partial charge in [0.15, 0.2) is 0 Å². The van der Waals surface area contributed by atoms with Crippen LogP contribution in [0.1, 0.15) is 24.0 Å². The van der Waals surface area contributed by atoms with Gasteiger partial charge in [0.1, 0.15) is 17.1 Å². The summed E-state index contributed by atoms with van der Waals surface area (Å²) in [4.78, 5) is 12.4. The molecule has 0 fully saturated rings. The number of hydrogen-bond donors (Lipinski definition) is 2. The van der Waals surface area contributed by atoms with E-state index in [4.69, 9.17) is 26.8 Å². The van der Waals surface area contributed by atoms with Gasteiger partial charge in [-0.3, -0.25) is 0 Å². The molecule has 2 aromatic carbocycles. The summed E-state index contributed by atoms with van der Waals surface area (Å²) in [5.74, 6) is -0.735. The minimum absolute atomic E-state index is 0.0408. The van der Waals surface area contributed by atoms with Crippen LogP contribution >= 0.6 is 11.6 Å². The number of hydrogen-bond acceptors (Lipinski definition) is 5. The van der Waals surface area contributed by atoms with E-state index >= 15 is 0 Å². The predicted octanol–water partition coefficient (Wildman–Crippen LogP) is 3.30. The molecule has 1 atom stereocenters. The van der Waals surface area contributed by atoms with Crippen molar-refractivity contribution in [3.05, 3.63) is 70.1 Å². The first kappa shape index (κ1) is 16.2. The molecule has 5 nitrogen and oxygen atoms in total. The second kappa shape index (κ2) is 6.45. The Kier molecular flexibility index (Phi) is 4.36. The number of carbonyl (C=O) groups excluding carboxylic acids is 1. The Morgan fingerprint density at radius 1 is 1.29 bits per heavy atom. The van der Waals surface area contributed by atoms with Crippen molar-refractivity contribution in [3.63, 3.8) is 0 Å². The van der Waals surface area contributed by atoms with E-state index in [9.17, 15) is 9.90 Å². The van der Waals surface area contributed by atoms with Crippen LogP contribution in [0.3, 0.4) is 0 Å². The van der Waals surface area contributed by atoms with Crippen LogP contribution in [0, 0.1) is 0 Å². The summed E-state index contributed by atoms with van der Waals surface area (Å²) in [5.41, 5.74) is 7.57. The van der Waals surface area contributed by atoms with Crippen LogP contribution in [0.25, 0.3) is 0 Å². The van der Waals surface area contributed by atoms with Gasteiger partial charge in [-0.2, -0.15) is 0 Å². The first-order chi connectivity index (χ1) is 11.5. The topological polar surface area (TPSA) is 81.8 Å². The van der Waals surface area contributed by atoms with Crippen LogP contribution in [0.4, 0.5) is 0 Å². The smallest absolute Gasteiger partial charge is 0.340 e. The molecule has 0 aromatic heterocycles. The van der Waals surface area contributed by atoms with Crippen LogP contribution in [-0.2, 0) is 9.53 Å². The van der Waals surface area contributed by atoms with Gasteiger partial charge in [-0.1, -0.05) is 35.9 Å². The van der Waals surface area contributed by atoms with Gasteiger partial charge in [0.2, 0.25) is 5.88 Å². The number of phenolic OH excluding ortho intramolecular Hbond substituents is 1. The highest BCUT2D eigenvalue weighted by atomic mass is 35.5. The molecule has 1 unspecified atom stereocenters. The summed E-state index contributed by atoms with van der Waals surface area (Å²) in [7, 11) is 0. The molecular weight excluding hydrogens is 330 g/mol. The van der Waals surface area contributed by atoms with Crippen LogP contribution < -0.4 is 10.5 Å². The van der Waals surface area contributed by atoms with E-state index in [1.165, 1.54) is 12.1 Å². The molecule has 6 heteroatoms. The van der Waals surface area contributed by atoms with Crippen LogP contribution in [0.2, 0.25) is 5.02 Å². The molecule has 1 aliphatic heterocycles. The minimum Gasteiger partial charge on any atom is -0.508 e. The predicted molar refractivity (Wildman–Crippen MR) is 89.9 cm³/mol. The molecule has 2 aromatic rings. The lowest BCUT2D eigenvalue weighted by atomic mass is 9.83. The Morgan fingerprint density at radius 2 is 2.04 bits per heavy atom. The fourth-order valence-electron chi connectivity index (χ4n) is 2.78. The lowest BCUT2D eigenvalue weighted by Gasteiger charge is -2.29. The normalized spacial score (nSPS) is 16.3. The highest BCUT2D eigenvalue weighted by Crippen LogP contribution is 2.45. The lowest BCUT2D eigenvalue weighted by molar-refractivity contribution is -0.139. The molecule has 0 aliphatic carbocycles. The van der Waals surface area contributed by atoms with Crippen LogP contribution in [0.15, 0.2) is 53.9 Å². The largest absolute Gasteiger partial charge is 0.508 e. The maximum atomic E-state index is 12.4. The average Bonchev–Trinajstić information content (AvgIpc) is 2.54. The number of esters is 1. The number of ether oxygens (including phenoxy) is 2. The lowest BCUT2D eigenvalue weighted by Crippen LogP contribution is -2.27. The molecule has 124 valence electrons. The molecule has 0 spiro atoms. The van der Waals surface area contributed by atoms with Crippen molar-refractivity contribution < 1.29 is 19.4 Å². The zero-order valence-electron chi connectivity index (χ0n) is 13.0. The number of benzene rings is 2. The number of nitrogens with two attached hydrogens (primary N) is 1. The zero-order valence-corrected chi connectivity index (χ0v) is 13.7. The number of phenols is 1. The highest BCUT2D eigenvalue weighted by molar-refractivity contribution is 6.31. The molecule has 0 saturated heterocycles. The first-order valence-corrected chi connectivity index (χ1v) is 7.82. The summed E-state index contributed by atoms with van der Waals surface area (Å²) in [6.07, 6.45) is 0. The van der Waals surface area contributed by atoms with E-state index in [1.54, 1.807) is 25.1 Å². The van der Waals surface area contributed by atoms with Crippen molar-refractivity contribution in [2.75, 3.05) is 6.61 Å². The second-order valence-electron chi connectivity index (χ2n) is 5.28. The molecule has 0 saturated carbocycles. The summed E-state index contributed by atoms with van der Waals surface area (Å²) in [5, 5.41) is 10.2. The standard InChI is InChI=1S/C18H16ClNO4/c1-2-23-18(22)16-15(11-5-3-4-6-13(11)19)12-8-7-10(21)9-14(12)24-17(16)20/h3-9,15,21H,2,20H2,1H3. The third-order valence-corrected chi connectivity index (χ3v) is 4.14. The third kappa shape index (κ3) is 2.78. The minimum atomic E-state index is -0.557. The summed E-state index contributed by atoms with van der Waals surface area (Å²) < 4.78 is 10.7. The third-order valence-electron chi connectivity index (χ3n) is 3.79. The van der Waals surface area contributed by atoms with E-state index in [1.807, 2.05) is 12.1 Å². The van der Waals surface area contributed by atoms with Crippen LogP contribution in [-0.4, -0.2) is 17.7 Å². The van der Waals surface area contributed by atoms with Crippen molar-refractivity contribution in [1.82, 2.24) is 0 Å². The van der Waals surface area contributed by atoms with Gasteiger partial charge in [0.05, 0.1) is 12.5 Å². The molecule has 0 amide bonds. The molecule has 0 bridgehead atoms. The molecule has 1 aliphatic rings. The van der Waals surface area contributed by atoms with Crippen molar-refractivity contribution in [1.29, 1.82) is 0 Å². The van der Waals surface area contributed by atoms with Crippen molar-refractivity contribution in [2.45, 2.75) is 12.8 Å². The SMILES string of the molecule is CCOC(=O)C1=C(N)Oc2cc(O)ccc2C1c1ccccc1Cl. The number of carbonyl (C=O) groups is 1. The number of fused-ring (bicyclic) bond motifs is 1. The van der Waals surface area contributed by atoms with Crippen LogP contribution in [0.5, 0.6) is 11.5 Å². The van der Waals surface area contributed by atoms with Gasteiger partial charge in [0, 0.05) is 16.7 Å². The molecule has 3 N–H and O–H groups in total. The maximum Gasteiger partial charge on any atom is 0.340 e. The van der Waals surface area contributed by atoms with Gasteiger partial charge in [-0.25, -0.2) is 4.79 Å². The number of rotatable bonds is 3. The fraction of sp³-hybridized carbons (Fsp3) is 0.167. The van der Waals surface area contributed by atoms with Gasteiger partial charge in [0.25, 0.3) is 0 Å². The molecule has 1 heterocycles. The van der Waals surface area contributed by atoms with Gasteiger partial charge >= 0.3 is 5.97 Å². The Morgan fingerprint density at radius 3 is 2.75 bits per heavy atom. The Labute approximate surface area is 144 Å². The zero-order chi connectivity index (χ0) is 17.3. The highest BCUT2D eigenvalue weighted by Gasteiger charge is 2.36. The Hall–Kier alpha value is -2.66. The Bertz CT molecular complexity index is 832. The van der Waals surface area contributed by atoms with Crippen molar-refractivity contribution in [3.8, 4) is 11.5 Å². The average molecular weight is 346 g/mol. The molecular formula is C18H16ClNO4. The molecule has 3 rings (SSSR count). The second-order valence-corrected chi connectivity index (χ2v) is 5.68. The summed E-state index contributed by atoms with van der Waals surface area (Å²) >= 11 is 6.34. The summed E-state index contributed by atoms with van der Waals surface area (Å²) in [6.45, 7) is 1.93. The number of aromatic hydroxyl groups is 1. The fourth-order valence-corrected chi connectivity index (χ4v) is 3.03. The van der Waals surface area contributed by atoms with E-state index in [0.29, 0.717) is 21.9 Å². The maximum absolute atomic E-state index is 12.4. The van der Waals surface area contributed by atoms with Gasteiger partial charge < -0.3 is 20.3 Å². The van der Waals surface area contributed by atoms with Gasteiger partial charge in [-0.05, 0) is 24.6 Å². The van der Waals surface area contributed by atoms with E-state index in [2.05, 4.69) is 0 Å². The number of halogens is 1. The van der Waals surface area contributed by atoms with E-state index in [0.717, 1.165) is 0 Å². The van der Waals surface area contributed by atoms with E-state index < -0.39 is 11.9 Å². The summed E-state index contributed by atoms with van der Waals surface area (Å²) in [6, 6.07) is 11.9. The Balaban J connectivity index is 2.23. The monoisotopic (exact) mass is 345 g/mol. The van der Waals surface area contributed by atoms with Crippen molar-refractivity contribution in [2.24, 2.45) is 5.73 Å². The van der Waals surface area contributed by atoms with E-state index in [-0.39, 0.29) is 23.8 Å². The van der Waals surface area contributed by atoms with Crippen molar-refractivity contribution >= 4 is 17.6 Å². The quantitative estimate of drug-likeness (QED) is 0.834. The van der Waals surface area contributed by atoms with Gasteiger partial charge in [-0.15, -0.1) is 0 Å². The molecule has 0 radical (unpaired) electrons. The first-order valence-electron chi connectivity index (χ1n) is 7.44.